The molecule has 0 spiro atoms. The topological polar surface area (TPSA) is 69.7 Å². The van der Waals surface area contributed by atoms with E-state index in [1.54, 1.807) is 4.90 Å². The molecule has 0 bridgehead atoms. The summed E-state index contributed by atoms with van der Waals surface area (Å²) in [6.07, 6.45) is 2.33. The van der Waals surface area contributed by atoms with Crippen LogP contribution in [0.3, 0.4) is 0 Å². The first kappa shape index (κ1) is 13.8. The lowest BCUT2D eigenvalue weighted by Crippen LogP contribution is -2.41. The van der Waals surface area contributed by atoms with Crippen molar-refractivity contribution in [2.45, 2.75) is 26.2 Å². The maximum Gasteiger partial charge on any atom is 0.279 e. The van der Waals surface area contributed by atoms with Crippen molar-refractivity contribution in [2.24, 2.45) is 5.92 Å². The van der Waals surface area contributed by atoms with Crippen molar-refractivity contribution in [3.05, 3.63) is 0 Å². The van der Waals surface area contributed by atoms with Crippen LogP contribution in [-0.2, 0) is 15.0 Å². The van der Waals surface area contributed by atoms with Crippen LogP contribution in [0.4, 0.5) is 0 Å². The molecular formula is C11H21N3O3S. The zero-order chi connectivity index (χ0) is 13.2. The summed E-state index contributed by atoms with van der Waals surface area (Å²) in [4.78, 5) is 13.3. The van der Waals surface area contributed by atoms with Crippen LogP contribution in [0.2, 0.25) is 0 Å². The largest absolute Gasteiger partial charge is 0.343 e. The molecule has 2 heterocycles. The molecule has 2 fully saturated rings. The summed E-state index contributed by atoms with van der Waals surface area (Å²) >= 11 is 0. The summed E-state index contributed by atoms with van der Waals surface area (Å²) in [7, 11) is -3.34. The molecule has 7 heteroatoms. The Morgan fingerprint density at radius 3 is 2.56 bits per heavy atom. The molecule has 1 unspecified atom stereocenters. The van der Waals surface area contributed by atoms with E-state index in [9.17, 15) is 13.2 Å². The monoisotopic (exact) mass is 275 g/mol. The highest BCUT2D eigenvalue weighted by Crippen LogP contribution is 2.17. The Kier molecular flexibility index (Phi) is 4.24. The Hall–Kier alpha value is -0.660. The Labute approximate surface area is 109 Å². The second kappa shape index (κ2) is 5.54. The number of carbonyl (C=O) groups is 1. The van der Waals surface area contributed by atoms with E-state index < -0.39 is 10.2 Å². The first-order valence-corrected chi connectivity index (χ1v) is 7.99. The molecule has 0 aliphatic carbocycles. The molecule has 104 valence electrons. The van der Waals surface area contributed by atoms with Crippen molar-refractivity contribution in [1.82, 2.24) is 13.9 Å². The maximum atomic E-state index is 11.9. The molecule has 1 atom stereocenters. The minimum Gasteiger partial charge on any atom is -0.343 e. The van der Waals surface area contributed by atoms with Gasteiger partial charge >= 0.3 is 0 Å². The Bertz CT molecular complexity index is 404. The van der Waals surface area contributed by atoms with Crippen LogP contribution < -0.4 is 4.72 Å². The van der Waals surface area contributed by atoms with Crippen molar-refractivity contribution >= 4 is 16.1 Å². The number of carbonyl (C=O) groups excluding carboxylic acids is 1. The van der Waals surface area contributed by atoms with Gasteiger partial charge in [0, 0.05) is 39.1 Å². The number of hydrogen-bond donors (Lipinski definition) is 1. The molecule has 0 aromatic rings. The van der Waals surface area contributed by atoms with E-state index in [0.717, 1.165) is 12.8 Å². The van der Waals surface area contributed by atoms with Crippen molar-refractivity contribution in [1.29, 1.82) is 0 Å². The third-order valence-electron chi connectivity index (χ3n) is 3.64. The van der Waals surface area contributed by atoms with Crippen molar-refractivity contribution in [3.8, 4) is 0 Å². The summed E-state index contributed by atoms with van der Waals surface area (Å²) in [5.41, 5.74) is 0. The summed E-state index contributed by atoms with van der Waals surface area (Å²) in [6.45, 7) is 4.89. The zero-order valence-corrected chi connectivity index (χ0v) is 11.6. The second-order valence-corrected chi connectivity index (χ2v) is 6.72. The number of nitrogens with one attached hydrogen (secondary N) is 1. The zero-order valence-electron chi connectivity index (χ0n) is 10.8. The fourth-order valence-electron chi connectivity index (χ4n) is 2.54. The summed E-state index contributed by atoms with van der Waals surface area (Å²) in [6, 6.07) is 0. The number of hydrogen-bond acceptors (Lipinski definition) is 3. The lowest BCUT2D eigenvalue weighted by molar-refractivity contribution is -0.127. The van der Waals surface area contributed by atoms with Gasteiger partial charge in [-0.3, -0.25) is 4.79 Å². The van der Waals surface area contributed by atoms with E-state index in [1.165, 1.54) is 4.31 Å². The highest BCUT2D eigenvalue weighted by molar-refractivity contribution is 7.87. The molecule has 1 amide bonds. The van der Waals surface area contributed by atoms with Gasteiger partial charge in [0.15, 0.2) is 0 Å². The molecule has 0 aromatic heterocycles. The van der Waals surface area contributed by atoms with E-state index in [0.29, 0.717) is 39.1 Å². The van der Waals surface area contributed by atoms with Gasteiger partial charge in [0.05, 0.1) is 0 Å². The molecule has 18 heavy (non-hydrogen) atoms. The van der Waals surface area contributed by atoms with Gasteiger partial charge in [-0.1, -0.05) is 0 Å². The lowest BCUT2D eigenvalue weighted by atomic mass is 10.1. The van der Waals surface area contributed by atoms with E-state index in [-0.39, 0.29) is 11.8 Å². The fraction of sp³-hybridized carbons (Fsp3) is 0.909. The van der Waals surface area contributed by atoms with Gasteiger partial charge < -0.3 is 4.90 Å². The van der Waals surface area contributed by atoms with E-state index in [4.69, 9.17) is 0 Å². The lowest BCUT2D eigenvalue weighted by Gasteiger charge is -2.18. The molecular weight excluding hydrogens is 254 g/mol. The standard InChI is InChI=1S/C11H21N3O3S/c1-2-13-9-10(7-11(13)15)8-12-18(16,17)14-5-3-4-6-14/h10,12H,2-9H2,1H3. The average Bonchev–Trinajstić information content (AvgIpc) is 2.95. The van der Waals surface area contributed by atoms with Gasteiger partial charge in [-0.25, -0.2) is 4.72 Å². The molecule has 2 saturated heterocycles. The molecule has 2 aliphatic heterocycles. The highest BCUT2D eigenvalue weighted by atomic mass is 32.2. The molecule has 2 rings (SSSR count). The average molecular weight is 275 g/mol. The maximum absolute atomic E-state index is 11.9. The van der Waals surface area contributed by atoms with Crippen molar-refractivity contribution in [3.63, 3.8) is 0 Å². The summed E-state index contributed by atoms with van der Waals surface area (Å²) in [5, 5.41) is 0. The molecule has 6 nitrogen and oxygen atoms in total. The van der Waals surface area contributed by atoms with Crippen LogP contribution in [-0.4, -0.2) is 56.3 Å². The molecule has 2 aliphatic rings. The predicted molar refractivity (Wildman–Crippen MR) is 68.1 cm³/mol. The second-order valence-electron chi connectivity index (χ2n) is 4.96. The van der Waals surface area contributed by atoms with Crippen LogP contribution in [0.15, 0.2) is 0 Å². The number of nitrogens with zero attached hydrogens (tertiary/aromatic N) is 2. The van der Waals surface area contributed by atoms with Gasteiger partial charge in [-0.05, 0) is 25.7 Å². The minimum absolute atomic E-state index is 0.106. The fourth-order valence-corrected chi connectivity index (χ4v) is 3.91. The Morgan fingerprint density at radius 2 is 2.00 bits per heavy atom. The van der Waals surface area contributed by atoms with Crippen molar-refractivity contribution in [2.75, 3.05) is 32.7 Å². The first-order chi connectivity index (χ1) is 8.53. The SMILES string of the molecule is CCN1CC(CNS(=O)(=O)N2CCCC2)CC1=O. The van der Waals surface area contributed by atoms with E-state index in [1.807, 2.05) is 6.92 Å². The molecule has 1 N–H and O–H groups in total. The molecule has 0 radical (unpaired) electrons. The quantitative estimate of drug-likeness (QED) is 0.754. The number of amides is 1. The smallest absolute Gasteiger partial charge is 0.279 e. The summed E-state index contributed by atoms with van der Waals surface area (Å²) in [5.74, 6) is 0.234. The van der Waals surface area contributed by atoms with Gasteiger partial charge in [0.25, 0.3) is 10.2 Å². The van der Waals surface area contributed by atoms with Gasteiger partial charge in [-0.2, -0.15) is 12.7 Å². The van der Waals surface area contributed by atoms with Crippen LogP contribution in [0.25, 0.3) is 0 Å². The van der Waals surface area contributed by atoms with Gasteiger partial charge in [-0.15, -0.1) is 0 Å². The predicted octanol–water partition coefficient (Wildman–Crippen LogP) is -0.215. The highest BCUT2D eigenvalue weighted by Gasteiger charge is 2.31. The van der Waals surface area contributed by atoms with E-state index >= 15 is 0 Å². The Balaban J connectivity index is 1.83. The van der Waals surface area contributed by atoms with Gasteiger partial charge in [0.2, 0.25) is 5.91 Å². The minimum atomic E-state index is -3.34. The van der Waals surface area contributed by atoms with E-state index in [2.05, 4.69) is 4.72 Å². The van der Waals surface area contributed by atoms with Crippen LogP contribution in [0.5, 0.6) is 0 Å². The molecule has 0 aromatic carbocycles. The summed E-state index contributed by atoms with van der Waals surface area (Å²) < 4.78 is 28.0. The van der Waals surface area contributed by atoms with Crippen LogP contribution in [0.1, 0.15) is 26.2 Å². The Morgan fingerprint density at radius 1 is 1.33 bits per heavy atom. The number of likely N-dealkylation sites (tertiary alicyclic amines) is 1. The molecule has 0 saturated carbocycles. The normalized spacial score (nSPS) is 26.2. The van der Waals surface area contributed by atoms with Gasteiger partial charge in [0.1, 0.15) is 0 Å². The third-order valence-corrected chi connectivity index (χ3v) is 5.21. The van der Waals surface area contributed by atoms with Crippen molar-refractivity contribution < 1.29 is 13.2 Å². The first-order valence-electron chi connectivity index (χ1n) is 6.55. The van der Waals surface area contributed by atoms with Crippen LogP contribution in [0, 0.1) is 5.92 Å². The number of rotatable bonds is 5. The van der Waals surface area contributed by atoms with Crippen LogP contribution >= 0.6 is 0 Å². The third kappa shape index (κ3) is 3.02.